The van der Waals surface area contributed by atoms with Crippen molar-refractivity contribution in [2.75, 3.05) is 7.11 Å². The number of nitrogens with one attached hydrogen (secondary N) is 1. The second-order valence-electron chi connectivity index (χ2n) is 8.61. The van der Waals surface area contributed by atoms with Crippen molar-refractivity contribution in [3.63, 3.8) is 0 Å². The minimum absolute atomic E-state index is 0.00283. The zero-order valence-electron chi connectivity index (χ0n) is 21.1. The molecule has 38 heavy (non-hydrogen) atoms. The number of unbranched alkanes of at least 4 members (excludes halogenated alkanes) is 1. The number of hydrogen-bond donors (Lipinski definition) is 1. The Morgan fingerprint density at radius 3 is 2.74 bits per heavy atom. The van der Waals surface area contributed by atoms with Crippen molar-refractivity contribution in [3.8, 4) is 17.5 Å². The molecule has 194 valence electrons. The van der Waals surface area contributed by atoms with Crippen molar-refractivity contribution in [3.05, 3.63) is 100 Å². The van der Waals surface area contributed by atoms with Crippen molar-refractivity contribution in [1.29, 1.82) is 5.26 Å². The van der Waals surface area contributed by atoms with Crippen LogP contribution in [0, 0.1) is 11.3 Å². The van der Waals surface area contributed by atoms with Gasteiger partial charge in [-0.05, 0) is 54.8 Å². The van der Waals surface area contributed by atoms with Crippen LogP contribution in [-0.2, 0) is 23.5 Å². The molecular weight excluding hydrogens is 518 g/mol. The Balaban J connectivity index is 1.37. The van der Waals surface area contributed by atoms with Gasteiger partial charge in [0.05, 0.1) is 24.4 Å². The van der Waals surface area contributed by atoms with Gasteiger partial charge >= 0.3 is 0 Å². The smallest absolute Gasteiger partial charge is 0.220 e. The lowest BCUT2D eigenvalue weighted by Gasteiger charge is -2.11. The van der Waals surface area contributed by atoms with Crippen molar-refractivity contribution in [1.82, 2.24) is 20.1 Å². The van der Waals surface area contributed by atoms with Crippen LogP contribution in [0.1, 0.15) is 41.8 Å². The zero-order valence-corrected chi connectivity index (χ0v) is 22.6. The largest absolute Gasteiger partial charge is 0.496 e. The highest BCUT2D eigenvalue weighted by Gasteiger charge is 2.15. The summed E-state index contributed by atoms with van der Waals surface area (Å²) in [6.45, 7) is 0.434. The van der Waals surface area contributed by atoms with E-state index in [9.17, 15) is 10.1 Å². The van der Waals surface area contributed by atoms with Gasteiger partial charge in [0.25, 0.3) is 0 Å². The van der Waals surface area contributed by atoms with E-state index in [1.54, 1.807) is 24.9 Å². The van der Waals surface area contributed by atoms with E-state index in [0.717, 1.165) is 46.4 Å². The van der Waals surface area contributed by atoms with Crippen LogP contribution >= 0.6 is 23.4 Å². The van der Waals surface area contributed by atoms with Crippen LogP contribution in [0.4, 0.5) is 0 Å². The lowest BCUT2D eigenvalue weighted by Crippen LogP contribution is -2.22. The van der Waals surface area contributed by atoms with E-state index in [-0.39, 0.29) is 5.91 Å². The zero-order chi connectivity index (χ0) is 26.7. The number of methoxy groups -OCH3 is 1. The Bertz CT molecular complexity index is 1430. The molecule has 3 aromatic carbocycles. The third-order valence-corrected chi connectivity index (χ3v) is 7.15. The Morgan fingerprint density at radius 1 is 1.08 bits per heavy atom. The van der Waals surface area contributed by atoms with Crippen LogP contribution in [0.25, 0.3) is 5.69 Å². The number of carbonyl (C=O) groups is 1. The highest BCUT2D eigenvalue weighted by Crippen LogP contribution is 2.27. The first-order chi connectivity index (χ1) is 18.6. The van der Waals surface area contributed by atoms with E-state index in [1.165, 1.54) is 0 Å². The standard InChI is InChI=1S/C29H28ClN5O2S/c1-37-26-13-3-2-10-23(26)19-32-28(36)15-5-4-14-27-33-34-29(35(27)25-12-7-11-24(30)17-25)38-20-22-9-6-8-21(16-22)18-31/h2-3,6-13,16-17H,4-5,14-15,19-20H2,1H3,(H,32,36). The first kappa shape index (κ1) is 27.2. The summed E-state index contributed by atoms with van der Waals surface area (Å²) >= 11 is 7.84. The maximum Gasteiger partial charge on any atom is 0.220 e. The second kappa shape index (κ2) is 13.7. The number of nitrogens with zero attached hydrogens (tertiary/aromatic N) is 4. The number of thioether (sulfide) groups is 1. The fourth-order valence-corrected chi connectivity index (χ4v) is 5.11. The quantitative estimate of drug-likeness (QED) is 0.170. The minimum Gasteiger partial charge on any atom is -0.496 e. The summed E-state index contributed by atoms with van der Waals surface area (Å²) < 4.78 is 7.37. The van der Waals surface area contributed by atoms with Crippen molar-refractivity contribution in [2.24, 2.45) is 0 Å². The van der Waals surface area contributed by atoms with Gasteiger partial charge in [-0.15, -0.1) is 10.2 Å². The minimum atomic E-state index is 0.00283. The summed E-state index contributed by atoms with van der Waals surface area (Å²) in [6, 6.07) is 25.0. The molecule has 4 aromatic rings. The predicted octanol–water partition coefficient (Wildman–Crippen LogP) is 6.12. The summed E-state index contributed by atoms with van der Waals surface area (Å²) in [4.78, 5) is 12.4. The highest BCUT2D eigenvalue weighted by molar-refractivity contribution is 7.98. The van der Waals surface area contributed by atoms with Crippen molar-refractivity contribution >= 4 is 29.3 Å². The molecule has 0 unspecified atom stereocenters. The van der Waals surface area contributed by atoms with Gasteiger partial charge in [-0.3, -0.25) is 9.36 Å². The van der Waals surface area contributed by atoms with E-state index in [2.05, 4.69) is 21.6 Å². The summed E-state index contributed by atoms with van der Waals surface area (Å²) in [5.74, 6) is 2.23. The summed E-state index contributed by atoms with van der Waals surface area (Å²) in [6.07, 6.45) is 2.61. The van der Waals surface area contributed by atoms with Crippen LogP contribution in [0.5, 0.6) is 5.75 Å². The van der Waals surface area contributed by atoms with Gasteiger partial charge in [-0.1, -0.05) is 59.8 Å². The third kappa shape index (κ3) is 7.37. The summed E-state index contributed by atoms with van der Waals surface area (Å²) in [5.41, 5.74) is 3.50. The number of rotatable bonds is 12. The number of aryl methyl sites for hydroxylation is 1. The molecule has 7 nitrogen and oxygen atoms in total. The van der Waals surface area contributed by atoms with Gasteiger partial charge in [-0.2, -0.15) is 5.26 Å². The van der Waals surface area contributed by atoms with Crippen LogP contribution in [0.2, 0.25) is 5.02 Å². The number of hydrogen-bond acceptors (Lipinski definition) is 6. The lowest BCUT2D eigenvalue weighted by molar-refractivity contribution is -0.121. The maximum atomic E-state index is 12.4. The van der Waals surface area contributed by atoms with E-state index in [0.29, 0.717) is 35.7 Å². The van der Waals surface area contributed by atoms with Crippen LogP contribution < -0.4 is 10.1 Å². The number of benzene rings is 3. The average molecular weight is 546 g/mol. The maximum absolute atomic E-state index is 12.4. The molecule has 0 radical (unpaired) electrons. The van der Waals surface area contributed by atoms with E-state index < -0.39 is 0 Å². The molecule has 0 fully saturated rings. The van der Waals surface area contributed by atoms with E-state index >= 15 is 0 Å². The van der Waals surface area contributed by atoms with Gasteiger partial charge in [0, 0.05) is 35.7 Å². The first-order valence-electron chi connectivity index (χ1n) is 12.3. The molecule has 0 bridgehead atoms. The van der Waals surface area contributed by atoms with Gasteiger partial charge in [-0.25, -0.2) is 0 Å². The Morgan fingerprint density at radius 2 is 1.92 bits per heavy atom. The second-order valence-corrected chi connectivity index (χ2v) is 9.99. The van der Waals surface area contributed by atoms with E-state index in [1.807, 2.05) is 71.3 Å². The number of carbonyl (C=O) groups excluding carboxylic acids is 1. The normalized spacial score (nSPS) is 10.7. The number of amides is 1. The molecule has 1 N–H and O–H groups in total. The number of aromatic nitrogens is 3. The first-order valence-corrected chi connectivity index (χ1v) is 13.6. The fraction of sp³-hybridized carbons (Fsp3) is 0.241. The average Bonchev–Trinajstić information content (AvgIpc) is 3.36. The molecule has 0 aliphatic rings. The van der Waals surface area contributed by atoms with Gasteiger partial charge in [0.15, 0.2) is 5.16 Å². The van der Waals surface area contributed by atoms with Crippen LogP contribution in [-0.4, -0.2) is 27.8 Å². The molecule has 1 amide bonds. The molecule has 1 heterocycles. The monoisotopic (exact) mass is 545 g/mol. The van der Waals surface area contributed by atoms with Gasteiger partial charge in [0.1, 0.15) is 11.6 Å². The van der Waals surface area contributed by atoms with Crippen molar-refractivity contribution in [2.45, 2.75) is 43.1 Å². The highest BCUT2D eigenvalue weighted by atomic mass is 35.5. The molecule has 0 saturated carbocycles. The third-order valence-electron chi connectivity index (χ3n) is 5.91. The number of para-hydroxylation sites is 1. The molecule has 0 aliphatic heterocycles. The number of halogens is 1. The molecule has 9 heteroatoms. The number of ether oxygens (including phenoxy) is 1. The summed E-state index contributed by atoms with van der Waals surface area (Å²) in [7, 11) is 1.62. The van der Waals surface area contributed by atoms with Crippen LogP contribution in [0.3, 0.4) is 0 Å². The molecule has 0 saturated heterocycles. The topological polar surface area (TPSA) is 92.8 Å². The Labute approximate surface area is 231 Å². The van der Waals surface area contributed by atoms with Crippen molar-refractivity contribution < 1.29 is 9.53 Å². The van der Waals surface area contributed by atoms with E-state index in [4.69, 9.17) is 16.3 Å². The summed E-state index contributed by atoms with van der Waals surface area (Å²) in [5, 5.41) is 22.4. The molecule has 4 rings (SSSR count). The Hall–Kier alpha value is -3.80. The molecular formula is C29H28ClN5O2S. The van der Waals surface area contributed by atoms with Gasteiger partial charge in [0.2, 0.25) is 5.91 Å². The predicted molar refractivity (Wildman–Crippen MR) is 149 cm³/mol. The Kier molecular flexibility index (Phi) is 9.79. The molecule has 0 atom stereocenters. The lowest BCUT2D eigenvalue weighted by atomic mass is 10.1. The SMILES string of the molecule is COc1ccccc1CNC(=O)CCCCc1nnc(SCc2cccc(C#N)c2)n1-c1cccc(Cl)c1. The number of nitriles is 1. The molecule has 0 aliphatic carbocycles. The fourth-order valence-electron chi connectivity index (χ4n) is 4.01. The molecule has 0 spiro atoms. The molecule has 1 aromatic heterocycles. The van der Waals surface area contributed by atoms with Gasteiger partial charge < -0.3 is 10.1 Å². The van der Waals surface area contributed by atoms with Crippen LogP contribution in [0.15, 0.2) is 78.0 Å².